The average Bonchev–Trinajstić information content (AvgIpc) is 3.10. The third-order valence-electron chi connectivity index (χ3n) is 4.69. The van der Waals surface area contributed by atoms with Gasteiger partial charge in [-0.2, -0.15) is 4.73 Å². The van der Waals surface area contributed by atoms with Crippen LogP contribution in [0, 0.1) is 10.1 Å². The molecule has 0 unspecified atom stereocenters. The highest BCUT2D eigenvalue weighted by molar-refractivity contribution is 6.04. The van der Waals surface area contributed by atoms with Gasteiger partial charge >= 0.3 is 0 Å². The van der Waals surface area contributed by atoms with Crippen LogP contribution in [0.1, 0.15) is 17.3 Å². The number of nitro benzene ring substituents is 1. The lowest BCUT2D eigenvalue weighted by Crippen LogP contribution is -2.12. The van der Waals surface area contributed by atoms with Gasteiger partial charge in [-0.1, -0.05) is 0 Å². The Morgan fingerprint density at radius 2 is 1.59 bits per heavy atom. The van der Waals surface area contributed by atoms with Crippen molar-refractivity contribution in [3.05, 3.63) is 82.4 Å². The molecule has 0 atom stereocenters. The SMILES string of the molecule is CC(=O)Nc1ccc(C(=O)Nc2ccc(-c3nc4ccc([N+](=O)[O-])cc4n3O)cc2)cc1. The van der Waals surface area contributed by atoms with E-state index in [1.54, 1.807) is 48.5 Å². The lowest BCUT2D eigenvalue weighted by molar-refractivity contribution is -0.384. The largest absolute Gasteiger partial charge is 0.426 e. The fourth-order valence-electron chi connectivity index (χ4n) is 3.17. The number of amides is 2. The molecule has 32 heavy (non-hydrogen) atoms. The normalized spacial score (nSPS) is 10.7. The number of nitrogens with one attached hydrogen (secondary N) is 2. The molecule has 0 saturated carbocycles. The van der Waals surface area contributed by atoms with Crippen molar-refractivity contribution in [3.8, 4) is 11.4 Å². The van der Waals surface area contributed by atoms with E-state index in [1.807, 2.05) is 0 Å². The van der Waals surface area contributed by atoms with Gasteiger partial charge in [-0.25, -0.2) is 4.98 Å². The summed E-state index contributed by atoms with van der Waals surface area (Å²) >= 11 is 0. The highest BCUT2D eigenvalue weighted by Gasteiger charge is 2.16. The van der Waals surface area contributed by atoms with E-state index in [2.05, 4.69) is 15.6 Å². The summed E-state index contributed by atoms with van der Waals surface area (Å²) in [5.74, 6) is -0.308. The number of rotatable bonds is 5. The number of hydrogen-bond donors (Lipinski definition) is 3. The monoisotopic (exact) mass is 431 g/mol. The van der Waals surface area contributed by atoms with Gasteiger partial charge in [0.05, 0.1) is 10.4 Å². The highest BCUT2D eigenvalue weighted by Crippen LogP contribution is 2.27. The molecule has 0 spiro atoms. The van der Waals surface area contributed by atoms with E-state index in [0.717, 1.165) is 4.73 Å². The van der Waals surface area contributed by atoms with E-state index in [1.165, 1.54) is 25.1 Å². The molecule has 0 aliphatic rings. The van der Waals surface area contributed by atoms with Crippen LogP contribution in [-0.2, 0) is 4.79 Å². The van der Waals surface area contributed by atoms with Crippen LogP contribution in [0.2, 0.25) is 0 Å². The first-order valence-corrected chi connectivity index (χ1v) is 9.47. The molecular weight excluding hydrogens is 414 g/mol. The Bertz CT molecular complexity index is 1340. The number of aromatic nitrogens is 2. The maximum atomic E-state index is 12.5. The van der Waals surface area contributed by atoms with Crippen molar-refractivity contribution < 1.29 is 19.7 Å². The van der Waals surface area contributed by atoms with Crippen LogP contribution < -0.4 is 10.6 Å². The Balaban J connectivity index is 1.52. The summed E-state index contributed by atoms with van der Waals surface area (Å²) in [6.45, 7) is 1.40. The molecule has 10 nitrogen and oxygen atoms in total. The first-order chi connectivity index (χ1) is 15.3. The second-order valence-electron chi connectivity index (χ2n) is 6.97. The fourth-order valence-corrected chi connectivity index (χ4v) is 3.17. The van der Waals surface area contributed by atoms with Crippen LogP contribution in [-0.4, -0.2) is 31.7 Å². The van der Waals surface area contributed by atoms with E-state index in [4.69, 9.17) is 0 Å². The van der Waals surface area contributed by atoms with Crippen molar-refractivity contribution in [2.75, 3.05) is 10.6 Å². The van der Waals surface area contributed by atoms with Gasteiger partial charge < -0.3 is 15.8 Å². The van der Waals surface area contributed by atoms with Gasteiger partial charge in [0.25, 0.3) is 11.6 Å². The van der Waals surface area contributed by atoms with Gasteiger partial charge in [-0.05, 0) is 54.6 Å². The van der Waals surface area contributed by atoms with Crippen LogP contribution in [0.25, 0.3) is 22.4 Å². The zero-order chi connectivity index (χ0) is 22.8. The molecule has 1 aromatic heterocycles. The Morgan fingerprint density at radius 3 is 2.22 bits per heavy atom. The maximum absolute atomic E-state index is 12.5. The zero-order valence-corrected chi connectivity index (χ0v) is 16.8. The van der Waals surface area contributed by atoms with Crippen molar-refractivity contribution in [2.45, 2.75) is 6.92 Å². The topological polar surface area (TPSA) is 139 Å². The third-order valence-corrected chi connectivity index (χ3v) is 4.69. The minimum absolute atomic E-state index is 0.151. The summed E-state index contributed by atoms with van der Waals surface area (Å²) in [5, 5.41) is 26.8. The van der Waals surface area contributed by atoms with Gasteiger partial charge in [0, 0.05) is 41.6 Å². The summed E-state index contributed by atoms with van der Waals surface area (Å²) in [6, 6.07) is 17.1. The molecule has 3 N–H and O–H groups in total. The van der Waals surface area contributed by atoms with E-state index in [9.17, 15) is 24.9 Å². The third kappa shape index (κ3) is 4.10. The number of non-ortho nitro benzene ring substituents is 1. The average molecular weight is 431 g/mol. The number of carbonyl (C=O) groups excluding carboxylic acids is 2. The second-order valence-corrected chi connectivity index (χ2v) is 6.97. The Hall–Kier alpha value is -4.73. The van der Waals surface area contributed by atoms with Gasteiger partial charge in [-0.3, -0.25) is 19.7 Å². The van der Waals surface area contributed by atoms with Crippen molar-refractivity contribution in [3.63, 3.8) is 0 Å². The van der Waals surface area contributed by atoms with E-state index in [-0.39, 0.29) is 28.8 Å². The molecule has 160 valence electrons. The molecule has 0 fully saturated rings. The Morgan fingerprint density at radius 1 is 0.969 bits per heavy atom. The maximum Gasteiger partial charge on any atom is 0.271 e. The van der Waals surface area contributed by atoms with Gasteiger partial charge in [0.2, 0.25) is 5.91 Å². The van der Waals surface area contributed by atoms with E-state index in [0.29, 0.717) is 28.0 Å². The van der Waals surface area contributed by atoms with Crippen molar-refractivity contribution in [1.29, 1.82) is 0 Å². The van der Waals surface area contributed by atoms with Gasteiger partial charge in [0.1, 0.15) is 5.52 Å². The van der Waals surface area contributed by atoms with E-state index >= 15 is 0 Å². The molecule has 3 aromatic carbocycles. The van der Waals surface area contributed by atoms with Crippen molar-refractivity contribution in [1.82, 2.24) is 9.71 Å². The number of carbonyl (C=O) groups is 2. The molecule has 4 rings (SSSR count). The molecule has 0 bridgehead atoms. The van der Waals surface area contributed by atoms with Crippen LogP contribution in [0.3, 0.4) is 0 Å². The number of hydrogen-bond acceptors (Lipinski definition) is 6. The summed E-state index contributed by atoms with van der Waals surface area (Å²) < 4.78 is 0.798. The van der Waals surface area contributed by atoms with Crippen molar-refractivity contribution >= 4 is 39.9 Å². The first kappa shape index (κ1) is 20.5. The van der Waals surface area contributed by atoms with Crippen molar-refractivity contribution in [2.24, 2.45) is 0 Å². The molecule has 2 amide bonds. The summed E-state index contributed by atoms with van der Waals surface area (Å²) in [4.78, 5) is 38.3. The second kappa shape index (κ2) is 8.19. The van der Waals surface area contributed by atoms with Crippen LogP contribution in [0.4, 0.5) is 17.1 Å². The zero-order valence-electron chi connectivity index (χ0n) is 16.8. The molecule has 4 aromatic rings. The molecule has 0 saturated heterocycles. The Kier molecular flexibility index (Phi) is 5.25. The van der Waals surface area contributed by atoms with E-state index < -0.39 is 4.92 Å². The van der Waals surface area contributed by atoms with Crippen LogP contribution in [0.5, 0.6) is 0 Å². The number of anilines is 2. The minimum Gasteiger partial charge on any atom is -0.426 e. The number of nitro groups is 1. The smallest absolute Gasteiger partial charge is 0.271 e. The first-order valence-electron chi connectivity index (χ1n) is 9.47. The minimum atomic E-state index is -0.545. The number of imidazole rings is 1. The summed E-state index contributed by atoms with van der Waals surface area (Å²) in [6.07, 6.45) is 0. The number of nitrogens with zero attached hydrogens (tertiary/aromatic N) is 3. The molecule has 1 heterocycles. The highest BCUT2D eigenvalue weighted by atomic mass is 16.6. The van der Waals surface area contributed by atoms with Crippen LogP contribution in [0.15, 0.2) is 66.7 Å². The van der Waals surface area contributed by atoms with Gasteiger partial charge in [-0.15, -0.1) is 0 Å². The van der Waals surface area contributed by atoms with Gasteiger partial charge in [0.15, 0.2) is 5.82 Å². The summed E-state index contributed by atoms with van der Waals surface area (Å²) in [7, 11) is 0. The lowest BCUT2D eigenvalue weighted by atomic mass is 10.1. The molecule has 10 heteroatoms. The lowest BCUT2D eigenvalue weighted by Gasteiger charge is -2.08. The quantitative estimate of drug-likeness (QED) is 0.247. The molecule has 0 aliphatic heterocycles. The predicted octanol–water partition coefficient (Wildman–Crippen LogP) is 4.06. The summed E-state index contributed by atoms with van der Waals surface area (Å²) in [5.41, 5.74) is 2.58. The van der Waals surface area contributed by atoms with Crippen LogP contribution >= 0.6 is 0 Å². The fraction of sp³-hybridized carbons (Fsp3) is 0.0455. The number of benzene rings is 3. The molecule has 0 aliphatic carbocycles. The predicted molar refractivity (Wildman–Crippen MR) is 118 cm³/mol. The number of fused-ring (bicyclic) bond motifs is 1. The molecular formula is C22H17N5O5. The molecule has 0 radical (unpaired) electrons. The standard InChI is InChI=1S/C22H17N5O5/c1-13(28)23-16-8-4-15(5-9-16)22(29)24-17-6-2-14(3-7-17)21-25-19-11-10-18(27(31)32)12-20(19)26(21)30/h2-12,30H,1H3,(H,23,28)(H,24,29). The Labute approximate surface area is 181 Å².